The second-order valence-corrected chi connectivity index (χ2v) is 6.47. The molecule has 0 saturated heterocycles. The van der Waals surface area contributed by atoms with Crippen LogP contribution in [-0.2, 0) is 14.3 Å². The molecule has 0 spiro atoms. The molecule has 0 heterocycles. The van der Waals surface area contributed by atoms with Crippen LogP contribution in [0, 0.1) is 0 Å². The van der Waals surface area contributed by atoms with Gasteiger partial charge in [0.15, 0.2) is 0 Å². The highest BCUT2D eigenvalue weighted by Gasteiger charge is 2.25. The van der Waals surface area contributed by atoms with Crippen LogP contribution in [0.3, 0.4) is 0 Å². The molecule has 0 unspecified atom stereocenters. The molecule has 1 amide bonds. The number of alkyl carbamates (subject to hydrolysis) is 1. The summed E-state index contributed by atoms with van der Waals surface area (Å²) in [5, 5.41) is 2.37. The zero-order chi connectivity index (χ0) is 21.1. The number of benzene rings is 2. The summed E-state index contributed by atoms with van der Waals surface area (Å²) in [4.78, 5) is 36.6. The summed E-state index contributed by atoms with van der Waals surface area (Å²) in [5.74, 6) is -1.56. The fourth-order valence-electron chi connectivity index (χ4n) is 2.43. The zero-order valence-corrected chi connectivity index (χ0v) is 16.5. The molecule has 3 N–H and O–H groups in total. The van der Waals surface area contributed by atoms with Gasteiger partial charge in [-0.15, -0.1) is 0 Å². The molecule has 0 aliphatic rings. The van der Waals surface area contributed by atoms with Crippen molar-refractivity contribution in [1.82, 2.24) is 5.32 Å². The van der Waals surface area contributed by atoms with E-state index in [4.69, 9.17) is 27.4 Å². The first-order chi connectivity index (χ1) is 14.0. The Morgan fingerprint density at radius 1 is 0.897 bits per heavy atom. The smallest absolute Gasteiger partial charge is 0.412 e. The van der Waals surface area contributed by atoms with Crippen LogP contribution in [0.1, 0.15) is 35.2 Å². The number of nitrogens with one attached hydrogen (secondary N) is 1. The fourth-order valence-corrected chi connectivity index (χ4v) is 2.64. The van der Waals surface area contributed by atoms with E-state index in [1.54, 1.807) is 42.5 Å². The number of carbonyl (C=O) groups is 3. The van der Waals surface area contributed by atoms with Crippen LogP contribution in [0.25, 0.3) is 0 Å². The highest BCUT2D eigenvalue weighted by atomic mass is 32.1. The quantitative estimate of drug-likeness (QED) is 0.296. The maximum atomic E-state index is 12.5. The van der Waals surface area contributed by atoms with Crippen molar-refractivity contribution in [2.45, 2.75) is 25.3 Å². The molecular weight excluding hydrogens is 392 g/mol. The van der Waals surface area contributed by atoms with Crippen molar-refractivity contribution in [3.63, 3.8) is 0 Å². The lowest BCUT2D eigenvalue weighted by Crippen LogP contribution is -2.43. The standard InChI is InChI=1S/C21H22N2O5S/c22-14-8-7-13-17(19(25)27-20(29)16-11-5-2-6-12-16)23-21(26)28-18(24)15-9-3-1-4-10-15/h1-6,9-12,17H,7-8,13-14,22H2,(H,23,26)/t17-/m0/s1. The topological polar surface area (TPSA) is 108 Å². The minimum Gasteiger partial charge on any atom is -0.412 e. The van der Waals surface area contributed by atoms with E-state index in [9.17, 15) is 14.4 Å². The van der Waals surface area contributed by atoms with E-state index in [1.807, 2.05) is 6.07 Å². The minimum atomic E-state index is -1.04. The molecule has 152 valence electrons. The molecule has 0 fully saturated rings. The second-order valence-electron chi connectivity index (χ2n) is 6.10. The van der Waals surface area contributed by atoms with E-state index in [-0.39, 0.29) is 17.0 Å². The van der Waals surface area contributed by atoms with Crippen LogP contribution in [0.15, 0.2) is 60.7 Å². The monoisotopic (exact) mass is 414 g/mol. The van der Waals surface area contributed by atoms with E-state index >= 15 is 0 Å². The zero-order valence-electron chi connectivity index (χ0n) is 15.7. The highest BCUT2D eigenvalue weighted by Crippen LogP contribution is 2.09. The minimum absolute atomic E-state index is 0.00467. The van der Waals surface area contributed by atoms with Crippen LogP contribution >= 0.6 is 12.2 Å². The Morgan fingerprint density at radius 2 is 1.48 bits per heavy atom. The summed E-state index contributed by atoms with van der Waals surface area (Å²) in [7, 11) is 0. The third-order valence-corrected chi connectivity index (χ3v) is 4.24. The lowest BCUT2D eigenvalue weighted by molar-refractivity contribution is -0.137. The van der Waals surface area contributed by atoms with Gasteiger partial charge in [0.05, 0.1) is 5.56 Å². The van der Waals surface area contributed by atoms with Gasteiger partial charge < -0.3 is 20.5 Å². The van der Waals surface area contributed by atoms with E-state index in [0.29, 0.717) is 24.9 Å². The van der Waals surface area contributed by atoms with Crippen molar-refractivity contribution in [3.05, 3.63) is 71.8 Å². The average Bonchev–Trinajstić information content (AvgIpc) is 2.74. The van der Waals surface area contributed by atoms with Crippen LogP contribution in [0.5, 0.6) is 0 Å². The fraction of sp³-hybridized carbons (Fsp3) is 0.238. The van der Waals surface area contributed by atoms with E-state index < -0.39 is 24.1 Å². The molecule has 0 radical (unpaired) electrons. The van der Waals surface area contributed by atoms with Gasteiger partial charge in [0, 0.05) is 5.56 Å². The summed E-state index contributed by atoms with van der Waals surface area (Å²) >= 11 is 5.14. The van der Waals surface area contributed by atoms with Crippen molar-refractivity contribution in [2.24, 2.45) is 5.73 Å². The molecule has 0 saturated carbocycles. The Labute approximate surface area is 174 Å². The number of ether oxygens (including phenoxy) is 2. The second kappa shape index (κ2) is 11.7. The summed E-state index contributed by atoms with van der Waals surface area (Å²) in [6.07, 6.45) is 0.454. The third-order valence-electron chi connectivity index (χ3n) is 3.92. The van der Waals surface area contributed by atoms with Gasteiger partial charge >= 0.3 is 18.0 Å². The largest absolute Gasteiger partial charge is 0.415 e. The van der Waals surface area contributed by atoms with Crippen LogP contribution in [0.2, 0.25) is 0 Å². The number of unbranched alkanes of at least 4 members (excludes halogenated alkanes) is 1. The first kappa shape index (κ1) is 22.2. The summed E-state index contributed by atoms with van der Waals surface area (Å²) < 4.78 is 9.98. The molecule has 1 atom stereocenters. The maximum Gasteiger partial charge on any atom is 0.415 e. The molecular formula is C21H22N2O5S. The third kappa shape index (κ3) is 7.44. The van der Waals surface area contributed by atoms with Gasteiger partial charge in [0.2, 0.25) is 5.05 Å². The molecule has 0 aliphatic carbocycles. The van der Waals surface area contributed by atoms with Crippen molar-refractivity contribution in [1.29, 1.82) is 0 Å². The number of carbonyl (C=O) groups excluding carboxylic acids is 3. The number of thiocarbonyl (C=S) groups is 1. The van der Waals surface area contributed by atoms with Crippen molar-refractivity contribution < 1.29 is 23.9 Å². The summed E-state index contributed by atoms with van der Waals surface area (Å²) in [5.41, 5.74) is 6.27. The van der Waals surface area contributed by atoms with Gasteiger partial charge in [-0.1, -0.05) is 48.5 Å². The molecule has 2 aromatic carbocycles. The number of hydrogen-bond donors (Lipinski definition) is 2. The first-order valence-corrected chi connectivity index (χ1v) is 9.51. The Kier molecular flexibility index (Phi) is 8.94. The van der Waals surface area contributed by atoms with E-state index in [1.165, 1.54) is 12.1 Å². The lowest BCUT2D eigenvalue weighted by atomic mass is 10.1. The van der Waals surface area contributed by atoms with Crippen molar-refractivity contribution >= 4 is 35.3 Å². The molecule has 0 aliphatic heterocycles. The van der Waals surface area contributed by atoms with Gasteiger partial charge in [-0.2, -0.15) is 0 Å². The molecule has 8 heteroatoms. The van der Waals surface area contributed by atoms with Gasteiger partial charge in [0.25, 0.3) is 0 Å². The number of esters is 2. The Morgan fingerprint density at radius 3 is 2.07 bits per heavy atom. The number of amides is 1. The average molecular weight is 414 g/mol. The van der Waals surface area contributed by atoms with Gasteiger partial charge in [-0.25, -0.2) is 14.4 Å². The summed E-state index contributed by atoms with van der Waals surface area (Å²) in [6, 6.07) is 15.8. The molecule has 0 bridgehead atoms. The molecule has 2 aromatic rings. The van der Waals surface area contributed by atoms with Crippen LogP contribution in [-0.4, -0.2) is 35.7 Å². The summed E-state index contributed by atoms with van der Waals surface area (Å²) in [6.45, 7) is 0.446. The normalized spacial score (nSPS) is 11.2. The van der Waals surface area contributed by atoms with Crippen LogP contribution in [0.4, 0.5) is 4.79 Å². The molecule has 2 rings (SSSR count). The number of rotatable bonds is 8. The highest BCUT2D eigenvalue weighted by molar-refractivity contribution is 7.80. The lowest BCUT2D eigenvalue weighted by Gasteiger charge is -2.17. The number of nitrogens with two attached hydrogens (primary N) is 1. The predicted molar refractivity (Wildman–Crippen MR) is 111 cm³/mol. The maximum absolute atomic E-state index is 12.5. The van der Waals surface area contributed by atoms with E-state index in [0.717, 1.165) is 0 Å². The van der Waals surface area contributed by atoms with Gasteiger partial charge in [0.1, 0.15) is 6.04 Å². The Balaban J connectivity index is 1.98. The van der Waals surface area contributed by atoms with Gasteiger partial charge in [-0.3, -0.25) is 0 Å². The van der Waals surface area contributed by atoms with Crippen LogP contribution < -0.4 is 11.1 Å². The Bertz CT molecular complexity index is 843. The molecule has 7 nitrogen and oxygen atoms in total. The van der Waals surface area contributed by atoms with Gasteiger partial charge in [-0.05, 0) is 50.2 Å². The Hall–Kier alpha value is -3.10. The molecule has 29 heavy (non-hydrogen) atoms. The predicted octanol–water partition coefficient (Wildman–Crippen LogP) is 2.97. The van der Waals surface area contributed by atoms with Crippen molar-refractivity contribution in [3.8, 4) is 0 Å². The number of hydrogen-bond acceptors (Lipinski definition) is 7. The molecule has 0 aromatic heterocycles. The SMILES string of the molecule is NCCCC[C@H](NC(=O)OC(=O)c1ccccc1)C(=O)OC(=S)c1ccccc1. The van der Waals surface area contributed by atoms with Crippen molar-refractivity contribution in [2.75, 3.05) is 6.54 Å². The first-order valence-electron chi connectivity index (χ1n) is 9.10. The van der Waals surface area contributed by atoms with E-state index in [2.05, 4.69) is 5.32 Å².